The Morgan fingerprint density at radius 2 is 1.95 bits per heavy atom. The van der Waals surface area contributed by atoms with Crippen LogP contribution in [0.5, 0.6) is 0 Å². The zero-order valence-corrected chi connectivity index (χ0v) is 12.8. The number of fused-ring (bicyclic) bond motifs is 2. The number of carbonyl (C=O) groups excluding carboxylic acids is 1. The van der Waals surface area contributed by atoms with Crippen LogP contribution in [0.2, 0.25) is 0 Å². The molecule has 5 heteroatoms. The van der Waals surface area contributed by atoms with Gasteiger partial charge in [-0.1, -0.05) is 20.8 Å². The van der Waals surface area contributed by atoms with Gasteiger partial charge in [-0.05, 0) is 30.1 Å². The van der Waals surface area contributed by atoms with Crippen LogP contribution < -0.4 is 0 Å². The molecule has 1 saturated carbocycles. The van der Waals surface area contributed by atoms with Crippen molar-refractivity contribution in [2.45, 2.75) is 46.1 Å². The molecule has 1 aliphatic heterocycles. The average Bonchev–Trinajstić information content (AvgIpc) is 2.47. The van der Waals surface area contributed by atoms with Gasteiger partial charge in [0.15, 0.2) is 0 Å². The number of aliphatic carboxylic acids is 1. The summed E-state index contributed by atoms with van der Waals surface area (Å²) in [5.74, 6) is -0.449. The third-order valence-corrected chi connectivity index (χ3v) is 5.09. The fourth-order valence-corrected chi connectivity index (χ4v) is 4.68. The standard InChI is InChI=1S/C14H23NO3S/c1-13(2)4-10-5-14(3,8-13)9-15(10)11(16)6-19-7-12(17)18/h10H,4-9H2,1-3H3,(H,17,18)/t10-,14-/m0/s1. The van der Waals surface area contributed by atoms with Crippen molar-refractivity contribution < 1.29 is 14.7 Å². The molecule has 1 aliphatic carbocycles. The zero-order chi connectivity index (χ0) is 14.3. The minimum Gasteiger partial charge on any atom is -0.481 e. The van der Waals surface area contributed by atoms with E-state index in [-0.39, 0.29) is 17.1 Å². The molecule has 2 fully saturated rings. The van der Waals surface area contributed by atoms with Gasteiger partial charge in [-0.2, -0.15) is 0 Å². The van der Waals surface area contributed by atoms with Crippen molar-refractivity contribution in [3.8, 4) is 0 Å². The molecule has 2 atom stereocenters. The molecule has 0 unspecified atom stereocenters. The summed E-state index contributed by atoms with van der Waals surface area (Å²) in [5.41, 5.74) is 0.556. The van der Waals surface area contributed by atoms with Crippen molar-refractivity contribution in [3.63, 3.8) is 0 Å². The summed E-state index contributed by atoms with van der Waals surface area (Å²) in [6.45, 7) is 7.68. The SMILES string of the molecule is CC1(C)C[C@H]2C[C@](C)(CN2C(=O)CSCC(=O)O)C1. The van der Waals surface area contributed by atoms with Crippen LogP contribution in [0.25, 0.3) is 0 Å². The summed E-state index contributed by atoms with van der Waals surface area (Å²) in [6, 6.07) is 0.353. The van der Waals surface area contributed by atoms with Crippen LogP contribution >= 0.6 is 11.8 Å². The van der Waals surface area contributed by atoms with Gasteiger partial charge < -0.3 is 10.0 Å². The first-order valence-corrected chi connectivity index (χ1v) is 7.95. The fourth-order valence-electron chi connectivity index (χ4n) is 4.06. The van der Waals surface area contributed by atoms with Crippen LogP contribution in [0, 0.1) is 10.8 Å². The van der Waals surface area contributed by atoms with E-state index in [1.807, 2.05) is 4.90 Å². The Labute approximate surface area is 118 Å². The minimum atomic E-state index is -0.856. The monoisotopic (exact) mass is 285 g/mol. The Morgan fingerprint density at radius 1 is 1.26 bits per heavy atom. The quantitative estimate of drug-likeness (QED) is 0.860. The second kappa shape index (κ2) is 5.00. The summed E-state index contributed by atoms with van der Waals surface area (Å²) >= 11 is 1.20. The van der Waals surface area contributed by atoms with Crippen LogP contribution in [-0.4, -0.2) is 46.0 Å². The number of nitrogens with zero attached hydrogens (tertiary/aromatic N) is 1. The molecule has 0 aromatic carbocycles. The first-order chi connectivity index (χ1) is 8.71. The Bertz CT molecular complexity index is 396. The van der Waals surface area contributed by atoms with E-state index in [1.165, 1.54) is 18.2 Å². The molecule has 0 aromatic heterocycles. The largest absolute Gasteiger partial charge is 0.481 e. The van der Waals surface area contributed by atoms with Gasteiger partial charge in [0.2, 0.25) is 5.91 Å². The van der Waals surface area contributed by atoms with E-state index in [9.17, 15) is 9.59 Å². The summed E-state index contributed by atoms with van der Waals surface area (Å²) in [5, 5.41) is 8.61. The molecule has 19 heavy (non-hydrogen) atoms. The van der Waals surface area contributed by atoms with Crippen LogP contribution in [-0.2, 0) is 9.59 Å². The number of amides is 1. The van der Waals surface area contributed by atoms with Crippen LogP contribution in [0.1, 0.15) is 40.0 Å². The molecule has 0 radical (unpaired) electrons. The highest BCUT2D eigenvalue weighted by atomic mass is 32.2. The Morgan fingerprint density at radius 3 is 2.58 bits per heavy atom. The third-order valence-electron chi connectivity index (χ3n) is 4.19. The van der Waals surface area contributed by atoms with Crippen LogP contribution in [0.15, 0.2) is 0 Å². The third kappa shape index (κ3) is 3.44. The molecule has 1 saturated heterocycles. The van der Waals surface area contributed by atoms with Crippen molar-refractivity contribution >= 4 is 23.6 Å². The Hall–Kier alpha value is -0.710. The minimum absolute atomic E-state index is 0.00695. The molecule has 0 aromatic rings. The van der Waals surface area contributed by atoms with E-state index in [1.54, 1.807) is 0 Å². The fraction of sp³-hybridized carbons (Fsp3) is 0.857. The molecule has 2 rings (SSSR count). The van der Waals surface area contributed by atoms with Gasteiger partial charge in [0, 0.05) is 12.6 Å². The van der Waals surface area contributed by atoms with Gasteiger partial charge in [-0.15, -0.1) is 11.8 Å². The normalized spacial score (nSPS) is 32.4. The highest BCUT2D eigenvalue weighted by molar-refractivity contribution is 8.00. The smallest absolute Gasteiger partial charge is 0.313 e. The molecule has 4 nitrogen and oxygen atoms in total. The Balaban J connectivity index is 1.95. The van der Waals surface area contributed by atoms with E-state index in [4.69, 9.17) is 5.11 Å². The predicted octanol–water partition coefficient (Wildman–Crippen LogP) is 2.23. The molecular formula is C14H23NO3S. The van der Waals surface area contributed by atoms with Gasteiger partial charge in [-0.3, -0.25) is 9.59 Å². The number of likely N-dealkylation sites (tertiary alicyclic amines) is 1. The maximum Gasteiger partial charge on any atom is 0.313 e. The lowest BCUT2D eigenvalue weighted by Crippen LogP contribution is -2.38. The van der Waals surface area contributed by atoms with E-state index >= 15 is 0 Å². The second-order valence-electron chi connectivity index (χ2n) is 7.12. The van der Waals surface area contributed by atoms with Gasteiger partial charge >= 0.3 is 5.97 Å². The van der Waals surface area contributed by atoms with E-state index < -0.39 is 5.97 Å². The summed E-state index contributed by atoms with van der Waals surface area (Å²) in [6.07, 6.45) is 3.34. The summed E-state index contributed by atoms with van der Waals surface area (Å²) in [7, 11) is 0. The highest BCUT2D eigenvalue weighted by Gasteiger charge is 2.50. The number of carbonyl (C=O) groups is 2. The summed E-state index contributed by atoms with van der Waals surface area (Å²) < 4.78 is 0. The first kappa shape index (κ1) is 14.7. The molecule has 108 valence electrons. The van der Waals surface area contributed by atoms with Crippen LogP contribution in [0.4, 0.5) is 0 Å². The maximum atomic E-state index is 12.2. The van der Waals surface area contributed by atoms with Gasteiger partial charge in [0.25, 0.3) is 0 Å². The number of carboxylic acids is 1. The average molecular weight is 285 g/mol. The lowest BCUT2D eigenvalue weighted by atomic mass is 9.65. The maximum absolute atomic E-state index is 12.2. The van der Waals surface area contributed by atoms with Crippen molar-refractivity contribution in [1.82, 2.24) is 4.90 Å². The molecule has 1 amide bonds. The second-order valence-corrected chi connectivity index (χ2v) is 8.11. The lowest BCUT2D eigenvalue weighted by Gasteiger charge is -2.39. The number of carboxylic acid groups (broad SMARTS) is 1. The number of thioether (sulfide) groups is 1. The van der Waals surface area contributed by atoms with E-state index in [0.717, 1.165) is 19.4 Å². The number of rotatable bonds is 4. The zero-order valence-electron chi connectivity index (χ0n) is 11.9. The topological polar surface area (TPSA) is 57.6 Å². The Kier molecular flexibility index (Phi) is 3.87. The number of hydrogen-bond acceptors (Lipinski definition) is 3. The predicted molar refractivity (Wildman–Crippen MR) is 76.2 cm³/mol. The van der Waals surface area contributed by atoms with Crippen molar-refractivity contribution in [1.29, 1.82) is 0 Å². The summed E-state index contributed by atoms with van der Waals surface area (Å²) in [4.78, 5) is 24.7. The number of hydrogen-bond donors (Lipinski definition) is 1. The molecule has 1 heterocycles. The van der Waals surface area contributed by atoms with Gasteiger partial charge in [0.1, 0.15) is 0 Å². The van der Waals surface area contributed by atoms with E-state index in [0.29, 0.717) is 17.2 Å². The molecule has 2 aliphatic rings. The van der Waals surface area contributed by atoms with Crippen molar-refractivity contribution in [2.75, 3.05) is 18.1 Å². The lowest BCUT2D eigenvalue weighted by molar-refractivity contribution is -0.133. The molecule has 2 bridgehead atoms. The van der Waals surface area contributed by atoms with Crippen molar-refractivity contribution in [2.24, 2.45) is 10.8 Å². The van der Waals surface area contributed by atoms with Crippen LogP contribution in [0.3, 0.4) is 0 Å². The van der Waals surface area contributed by atoms with Gasteiger partial charge in [0.05, 0.1) is 11.5 Å². The van der Waals surface area contributed by atoms with E-state index in [2.05, 4.69) is 20.8 Å². The first-order valence-electron chi connectivity index (χ1n) is 6.80. The highest BCUT2D eigenvalue weighted by Crippen LogP contribution is 2.52. The van der Waals surface area contributed by atoms with Crippen molar-refractivity contribution in [3.05, 3.63) is 0 Å². The molecule has 1 N–H and O–H groups in total. The molecular weight excluding hydrogens is 262 g/mol. The van der Waals surface area contributed by atoms with Gasteiger partial charge in [-0.25, -0.2) is 0 Å². The molecule has 0 spiro atoms.